The van der Waals surface area contributed by atoms with E-state index in [1.807, 2.05) is 59.3 Å². The molecule has 0 radical (unpaired) electrons. The van der Waals surface area contributed by atoms with E-state index < -0.39 is 5.60 Å². The summed E-state index contributed by atoms with van der Waals surface area (Å²) in [5.41, 5.74) is 2.22. The normalized spacial score (nSPS) is 11.4. The maximum atomic E-state index is 9.83. The summed E-state index contributed by atoms with van der Waals surface area (Å²) in [5, 5.41) is 10.5. The summed E-state index contributed by atoms with van der Waals surface area (Å²) in [6.07, 6.45) is 4.05. The minimum absolute atomic E-state index is 0.190. The zero-order valence-corrected chi connectivity index (χ0v) is 15.8. The Morgan fingerprint density at radius 1 is 1.00 bits per heavy atom. The number of nitrogens with zero attached hydrogens (tertiary/aromatic N) is 1. The van der Waals surface area contributed by atoms with Crippen LogP contribution in [0.1, 0.15) is 13.8 Å². The summed E-state index contributed by atoms with van der Waals surface area (Å²) in [4.78, 5) is 0. The molecule has 1 N–H and O–H groups in total. The van der Waals surface area contributed by atoms with E-state index in [9.17, 15) is 5.11 Å². The largest absolute Gasteiger partial charge is 0.493 e. The second-order valence-electron chi connectivity index (χ2n) is 6.75. The number of hydrogen-bond donors (Lipinski definition) is 1. The lowest BCUT2D eigenvalue weighted by Crippen LogP contribution is -2.27. The van der Waals surface area contributed by atoms with Crippen molar-refractivity contribution in [2.45, 2.75) is 19.4 Å². The van der Waals surface area contributed by atoms with Gasteiger partial charge in [0.15, 0.2) is 11.5 Å². The van der Waals surface area contributed by atoms with Crippen LogP contribution in [0.15, 0.2) is 60.9 Å². The van der Waals surface area contributed by atoms with Crippen molar-refractivity contribution in [2.75, 3.05) is 13.7 Å². The lowest BCUT2D eigenvalue weighted by atomic mass is 10.1. The molecule has 0 spiro atoms. The summed E-state index contributed by atoms with van der Waals surface area (Å²) < 4.78 is 13.2. The Balaban J connectivity index is 1.84. The number of methoxy groups -OCH3 is 1. The minimum atomic E-state index is -0.903. The van der Waals surface area contributed by atoms with Crippen molar-refractivity contribution >= 4 is 11.6 Å². The molecule has 0 fully saturated rings. The van der Waals surface area contributed by atoms with E-state index in [-0.39, 0.29) is 6.61 Å². The second kappa shape index (κ2) is 7.44. The van der Waals surface area contributed by atoms with Crippen molar-refractivity contribution in [1.82, 2.24) is 4.57 Å². The minimum Gasteiger partial charge on any atom is -0.493 e. The molecule has 5 heteroatoms. The van der Waals surface area contributed by atoms with Crippen molar-refractivity contribution in [3.8, 4) is 28.3 Å². The molecular formula is C21H22ClNO3. The first-order valence-corrected chi connectivity index (χ1v) is 8.71. The summed E-state index contributed by atoms with van der Waals surface area (Å²) >= 11 is 5.95. The fourth-order valence-electron chi connectivity index (χ4n) is 2.56. The van der Waals surface area contributed by atoms with E-state index in [0.29, 0.717) is 16.5 Å². The van der Waals surface area contributed by atoms with Crippen LogP contribution in [-0.4, -0.2) is 29.0 Å². The van der Waals surface area contributed by atoms with Crippen LogP contribution in [0.4, 0.5) is 0 Å². The number of benzene rings is 2. The van der Waals surface area contributed by atoms with Crippen LogP contribution in [0.3, 0.4) is 0 Å². The zero-order valence-electron chi connectivity index (χ0n) is 15.1. The van der Waals surface area contributed by atoms with Gasteiger partial charge in [0.25, 0.3) is 0 Å². The SMILES string of the molecule is COc1cc(-c2ccn(-c3ccc(Cl)cc3)c2)ccc1OCC(C)(C)O. The Bertz CT molecular complexity index is 879. The first-order chi connectivity index (χ1) is 12.4. The van der Waals surface area contributed by atoms with Gasteiger partial charge in [0, 0.05) is 23.1 Å². The van der Waals surface area contributed by atoms with Crippen LogP contribution in [0.5, 0.6) is 11.5 Å². The van der Waals surface area contributed by atoms with Crippen molar-refractivity contribution in [2.24, 2.45) is 0 Å². The summed E-state index contributed by atoms with van der Waals surface area (Å²) in [7, 11) is 1.61. The second-order valence-corrected chi connectivity index (χ2v) is 7.19. The van der Waals surface area contributed by atoms with Crippen molar-refractivity contribution in [1.29, 1.82) is 0 Å². The lowest BCUT2D eigenvalue weighted by molar-refractivity contribution is 0.0276. The van der Waals surface area contributed by atoms with Crippen molar-refractivity contribution < 1.29 is 14.6 Å². The molecular weight excluding hydrogens is 350 g/mol. The molecule has 0 aliphatic rings. The van der Waals surface area contributed by atoms with E-state index in [1.165, 1.54) is 0 Å². The summed E-state index contributed by atoms with van der Waals surface area (Å²) in [5.74, 6) is 1.24. The smallest absolute Gasteiger partial charge is 0.161 e. The highest BCUT2D eigenvalue weighted by molar-refractivity contribution is 6.30. The lowest BCUT2D eigenvalue weighted by Gasteiger charge is -2.19. The van der Waals surface area contributed by atoms with Gasteiger partial charge in [-0.2, -0.15) is 0 Å². The molecule has 4 nitrogen and oxygen atoms in total. The molecule has 0 aliphatic heterocycles. The molecule has 0 saturated carbocycles. The number of aromatic nitrogens is 1. The first kappa shape index (κ1) is 18.4. The molecule has 2 aromatic carbocycles. The van der Waals surface area contributed by atoms with Crippen molar-refractivity contribution in [3.05, 3.63) is 65.9 Å². The van der Waals surface area contributed by atoms with Crippen LogP contribution in [-0.2, 0) is 0 Å². The number of ether oxygens (including phenoxy) is 2. The van der Waals surface area contributed by atoms with Gasteiger partial charge >= 0.3 is 0 Å². The van der Waals surface area contributed by atoms with Crippen LogP contribution in [0, 0.1) is 0 Å². The van der Waals surface area contributed by atoms with Gasteiger partial charge in [0.1, 0.15) is 6.61 Å². The highest BCUT2D eigenvalue weighted by Crippen LogP contribution is 2.33. The predicted octanol–water partition coefficient (Wildman–Crippen LogP) is 4.96. The maximum absolute atomic E-state index is 9.83. The fourth-order valence-corrected chi connectivity index (χ4v) is 2.69. The standard InChI is InChI=1S/C21H22ClNO3/c1-21(2,24)14-26-19-9-4-15(12-20(19)25-3)16-10-11-23(13-16)18-7-5-17(22)6-8-18/h4-13,24H,14H2,1-3H3. The molecule has 1 heterocycles. The molecule has 0 saturated heterocycles. The zero-order chi connectivity index (χ0) is 18.7. The van der Waals surface area contributed by atoms with Crippen molar-refractivity contribution in [3.63, 3.8) is 0 Å². The van der Waals surface area contributed by atoms with Gasteiger partial charge in [0.2, 0.25) is 0 Å². The molecule has 0 amide bonds. The van der Waals surface area contributed by atoms with Crippen LogP contribution < -0.4 is 9.47 Å². The molecule has 1 aromatic heterocycles. The van der Waals surface area contributed by atoms with Gasteiger partial charge in [-0.25, -0.2) is 0 Å². The molecule has 3 aromatic rings. The Morgan fingerprint density at radius 2 is 1.73 bits per heavy atom. The fraction of sp³-hybridized carbons (Fsp3) is 0.238. The summed E-state index contributed by atoms with van der Waals surface area (Å²) in [6.45, 7) is 3.59. The molecule has 0 unspecified atom stereocenters. The van der Waals surface area contributed by atoms with Gasteiger partial charge in [0.05, 0.1) is 12.7 Å². The van der Waals surface area contributed by atoms with E-state index in [0.717, 1.165) is 16.8 Å². The highest BCUT2D eigenvalue weighted by atomic mass is 35.5. The average molecular weight is 372 g/mol. The van der Waals surface area contributed by atoms with E-state index in [2.05, 4.69) is 6.20 Å². The Hall–Kier alpha value is -2.43. The van der Waals surface area contributed by atoms with Crippen LogP contribution in [0.2, 0.25) is 5.02 Å². The number of aliphatic hydroxyl groups is 1. The molecule has 136 valence electrons. The van der Waals surface area contributed by atoms with Crippen LogP contribution >= 0.6 is 11.6 Å². The Labute approximate surface area is 158 Å². The number of hydrogen-bond acceptors (Lipinski definition) is 3. The molecule has 0 aliphatic carbocycles. The Morgan fingerprint density at radius 3 is 2.38 bits per heavy atom. The molecule has 0 bridgehead atoms. The van der Waals surface area contributed by atoms with Gasteiger partial charge < -0.3 is 19.1 Å². The third-order valence-electron chi connectivity index (χ3n) is 3.90. The topological polar surface area (TPSA) is 43.6 Å². The van der Waals surface area contributed by atoms with E-state index >= 15 is 0 Å². The van der Waals surface area contributed by atoms with Crippen LogP contribution in [0.25, 0.3) is 16.8 Å². The van der Waals surface area contributed by atoms with Gasteiger partial charge in [-0.05, 0) is 67.4 Å². The summed E-state index contributed by atoms with van der Waals surface area (Å²) in [6, 6.07) is 15.5. The Kier molecular flexibility index (Phi) is 5.25. The van der Waals surface area contributed by atoms with E-state index in [1.54, 1.807) is 21.0 Å². The average Bonchev–Trinajstić information content (AvgIpc) is 3.10. The van der Waals surface area contributed by atoms with Gasteiger partial charge in [-0.3, -0.25) is 0 Å². The quantitative estimate of drug-likeness (QED) is 0.666. The third kappa shape index (κ3) is 4.40. The first-order valence-electron chi connectivity index (χ1n) is 8.33. The maximum Gasteiger partial charge on any atom is 0.161 e. The highest BCUT2D eigenvalue weighted by Gasteiger charge is 2.15. The van der Waals surface area contributed by atoms with Gasteiger partial charge in [-0.1, -0.05) is 17.7 Å². The van der Waals surface area contributed by atoms with E-state index in [4.69, 9.17) is 21.1 Å². The molecule has 26 heavy (non-hydrogen) atoms. The predicted molar refractivity (Wildman–Crippen MR) is 105 cm³/mol. The number of halogens is 1. The molecule has 0 atom stereocenters. The number of rotatable bonds is 6. The van der Waals surface area contributed by atoms with Gasteiger partial charge in [-0.15, -0.1) is 0 Å². The monoisotopic (exact) mass is 371 g/mol. The molecule has 3 rings (SSSR count). The third-order valence-corrected chi connectivity index (χ3v) is 4.15.